The molecular weight excluding hydrogens is 218 g/mol. The molecule has 2 nitrogen and oxygen atoms in total. The Balaban J connectivity index is 2.64. The number of nitrogens with two attached hydrogens (primary N) is 1. The maximum Gasteiger partial charge on any atom is 0.119 e. The minimum absolute atomic E-state index is 0.266. The van der Waals surface area contributed by atoms with Crippen LogP contribution < -0.4 is 10.5 Å². The molecule has 0 atom stereocenters. The van der Waals surface area contributed by atoms with Crippen LogP contribution in [0.5, 0.6) is 5.75 Å². The number of hydrogen-bond donors (Lipinski definition) is 1. The normalized spacial score (nSPS) is 11.2. The summed E-state index contributed by atoms with van der Waals surface area (Å²) >= 11 is 4.99. The van der Waals surface area contributed by atoms with Crippen LogP contribution in [0.1, 0.15) is 26.3 Å². The lowest BCUT2D eigenvalue weighted by Crippen LogP contribution is -2.35. The van der Waals surface area contributed by atoms with Crippen LogP contribution in [0.15, 0.2) is 24.3 Å². The van der Waals surface area contributed by atoms with Crippen LogP contribution in [0, 0.1) is 5.41 Å². The average Bonchev–Trinajstić information content (AvgIpc) is 2.26. The van der Waals surface area contributed by atoms with E-state index in [0.29, 0.717) is 11.6 Å². The van der Waals surface area contributed by atoms with Gasteiger partial charge in [0.25, 0.3) is 0 Å². The molecule has 0 bridgehead atoms. The fourth-order valence-corrected chi connectivity index (χ4v) is 1.25. The molecule has 16 heavy (non-hydrogen) atoms. The highest BCUT2D eigenvalue weighted by Crippen LogP contribution is 2.20. The molecule has 1 rings (SSSR count). The van der Waals surface area contributed by atoms with Gasteiger partial charge >= 0.3 is 0 Å². The summed E-state index contributed by atoms with van der Waals surface area (Å²) in [6.07, 6.45) is 1.01. The fourth-order valence-electron chi connectivity index (χ4n) is 1.19. The van der Waals surface area contributed by atoms with Crippen molar-refractivity contribution in [1.29, 1.82) is 0 Å². The molecule has 0 unspecified atom stereocenters. The first-order valence-electron chi connectivity index (χ1n) is 5.47. The second kappa shape index (κ2) is 5.30. The summed E-state index contributed by atoms with van der Waals surface area (Å²) in [5.74, 6) is 0.878. The first-order valence-corrected chi connectivity index (χ1v) is 5.88. The van der Waals surface area contributed by atoms with Crippen molar-refractivity contribution >= 4 is 17.2 Å². The highest BCUT2D eigenvalue weighted by atomic mass is 32.1. The van der Waals surface area contributed by atoms with Crippen LogP contribution >= 0.6 is 12.2 Å². The van der Waals surface area contributed by atoms with Gasteiger partial charge in [-0.15, -0.1) is 0 Å². The van der Waals surface area contributed by atoms with Crippen molar-refractivity contribution in [3.05, 3.63) is 29.8 Å². The molecule has 0 aliphatic carbocycles. The van der Waals surface area contributed by atoms with E-state index in [-0.39, 0.29) is 5.41 Å². The Bertz CT molecular complexity index is 374. The quantitative estimate of drug-likeness (QED) is 0.800. The zero-order valence-electron chi connectivity index (χ0n) is 10.1. The van der Waals surface area contributed by atoms with E-state index in [1.807, 2.05) is 26.0 Å². The van der Waals surface area contributed by atoms with Gasteiger partial charge in [-0.05, 0) is 24.1 Å². The van der Waals surface area contributed by atoms with E-state index in [0.717, 1.165) is 12.2 Å². The van der Waals surface area contributed by atoms with Crippen LogP contribution in [0.2, 0.25) is 0 Å². The van der Waals surface area contributed by atoms with Gasteiger partial charge in [-0.2, -0.15) is 0 Å². The predicted molar refractivity (Wildman–Crippen MR) is 71.9 cm³/mol. The fraction of sp³-hybridized carbons (Fsp3) is 0.462. The van der Waals surface area contributed by atoms with Crippen LogP contribution in [0.25, 0.3) is 0 Å². The number of benzene rings is 1. The SMILES string of the molecule is CCc1cccc(OCC(C)(C)C(N)=S)c1. The minimum atomic E-state index is -0.266. The second-order valence-electron chi connectivity index (χ2n) is 4.54. The predicted octanol–water partition coefficient (Wildman–Crippen LogP) is 2.94. The molecule has 1 aromatic carbocycles. The first-order chi connectivity index (χ1) is 7.45. The standard InChI is InChI=1S/C13H19NOS/c1-4-10-6-5-7-11(8-10)15-9-13(2,3)12(14)16/h5-8H,4,9H2,1-3H3,(H2,14,16). The highest BCUT2D eigenvalue weighted by Gasteiger charge is 2.22. The van der Waals surface area contributed by atoms with Gasteiger partial charge in [0, 0.05) is 5.41 Å². The summed E-state index contributed by atoms with van der Waals surface area (Å²) in [5, 5.41) is 0. The van der Waals surface area contributed by atoms with Gasteiger partial charge in [0.1, 0.15) is 5.75 Å². The Labute approximate surface area is 103 Å². The van der Waals surface area contributed by atoms with Gasteiger partial charge in [-0.25, -0.2) is 0 Å². The second-order valence-corrected chi connectivity index (χ2v) is 4.98. The molecule has 0 aliphatic rings. The largest absolute Gasteiger partial charge is 0.493 e. The molecule has 0 radical (unpaired) electrons. The summed E-state index contributed by atoms with van der Waals surface area (Å²) in [4.78, 5) is 0.485. The van der Waals surface area contributed by atoms with Gasteiger partial charge in [-0.3, -0.25) is 0 Å². The lowest BCUT2D eigenvalue weighted by Gasteiger charge is -2.23. The molecule has 1 aromatic rings. The molecule has 0 heterocycles. The number of hydrogen-bond acceptors (Lipinski definition) is 2. The van der Waals surface area contributed by atoms with Crippen molar-refractivity contribution in [1.82, 2.24) is 0 Å². The molecule has 0 spiro atoms. The van der Waals surface area contributed by atoms with Crippen molar-refractivity contribution in [3.63, 3.8) is 0 Å². The maximum absolute atomic E-state index is 5.71. The number of thiocarbonyl (C=S) groups is 1. The third-order valence-electron chi connectivity index (χ3n) is 2.57. The summed E-state index contributed by atoms with van der Waals surface area (Å²) in [6, 6.07) is 8.10. The molecule has 0 saturated carbocycles. The number of ether oxygens (including phenoxy) is 1. The van der Waals surface area contributed by atoms with E-state index in [9.17, 15) is 0 Å². The Morgan fingerprint density at radius 3 is 2.69 bits per heavy atom. The van der Waals surface area contributed by atoms with Gasteiger partial charge < -0.3 is 10.5 Å². The van der Waals surface area contributed by atoms with E-state index < -0.39 is 0 Å². The van der Waals surface area contributed by atoms with Gasteiger partial charge in [0.2, 0.25) is 0 Å². The number of aryl methyl sites for hydroxylation is 1. The first kappa shape index (κ1) is 13.0. The van der Waals surface area contributed by atoms with Gasteiger partial charge in [-0.1, -0.05) is 45.1 Å². The Kier molecular flexibility index (Phi) is 4.30. The van der Waals surface area contributed by atoms with Crippen molar-refractivity contribution in [2.24, 2.45) is 11.1 Å². The molecular formula is C13H19NOS. The van der Waals surface area contributed by atoms with Crippen LogP contribution in [0.3, 0.4) is 0 Å². The average molecular weight is 237 g/mol. The Morgan fingerprint density at radius 2 is 2.12 bits per heavy atom. The molecule has 3 heteroatoms. The van der Waals surface area contributed by atoms with Crippen molar-refractivity contribution < 1.29 is 4.74 Å². The smallest absolute Gasteiger partial charge is 0.119 e. The highest BCUT2D eigenvalue weighted by molar-refractivity contribution is 7.80. The molecule has 0 saturated heterocycles. The van der Waals surface area contributed by atoms with E-state index in [1.165, 1.54) is 5.56 Å². The Morgan fingerprint density at radius 1 is 1.44 bits per heavy atom. The molecule has 0 amide bonds. The monoisotopic (exact) mass is 237 g/mol. The van der Waals surface area contributed by atoms with Crippen molar-refractivity contribution in [3.8, 4) is 5.75 Å². The van der Waals surface area contributed by atoms with Crippen LogP contribution in [-0.2, 0) is 6.42 Å². The number of rotatable bonds is 5. The van der Waals surface area contributed by atoms with E-state index in [2.05, 4.69) is 19.1 Å². The zero-order valence-corrected chi connectivity index (χ0v) is 10.9. The summed E-state index contributed by atoms with van der Waals surface area (Å²) < 4.78 is 5.71. The third kappa shape index (κ3) is 3.49. The van der Waals surface area contributed by atoms with Crippen LogP contribution in [-0.4, -0.2) is 11.6 Å². The molecule has 0 aliphatic heterocycles. The maximum atomic E-state index is 5.71. The van der Waals surface area contributed by atoms with E-state index in [1.54, 1.807) is 0 Å². The molecule has 88 valence electrons. The molecule has 0 aromatic heterocycles. The van der Waals surface area contributed by atoms with E-state index >= 15 is 0 Å². The van der Waals surface area contributed by atoms with E-state index in [4.69, 9.17) is 22.7 Å². The molecule has 0 fully saturated rings. The minimum Gasteiger partial charge on any atom is -0.493 e. The Hall–Kier alpha value is -1.09. The summed E-state index contributed by atoms with van der Waals surface area (Å²) in [5.41, 5.74) is 6.64. The lowest BCUT2D eigenvalue weighted by molar-refractivity contribution is 0.236. The van der Waals surface area contributed by atoms with Crippen molar-refractivity contribution in [2.75, 3.05) is 6.61 Å². The van der Waals surface area contributed by atoms with Crippen LogP contribution in [0.4, 0.5) is 0 Å². The third-order valence-corrected chi connectivity index (χ3v) is 3.13. The topological polar surface area (TPSA) is 35.2 Å². The zero-order chi connectivity index (χ0) is 12.2. The lowest BCUT2D eigenvalue weighted by atomic mass is 9.95. The summed E-state index contributed by atoms with van der Waals surface area (Å²) in [7, 11) is 0. The summed E-state index contributed by atoms with van der Waals surface area (Å²) in [6.45, 7) is 6.60. The molecule has 2 N–H and O–H groups in total. The van der Waals surface area contributed by atoms with Crippen molar-refractivity contribution in [2.45, 2.75) is 27.2 Å². The van der Waals surface area contributed by atoms with Gasteiger partial charge in [0.05, 0.1) is 11.6 Å². The van der Waals surface area contributed by atoms with Gasteiger partial charge in [0.15, 0.2) is 0 Å².